The highest BCUT2D eigenvalue weighted by Crippen LogP contribution is 2.34. The molecule has 0 aliphatic carbocycles. The van der Waals surface area contributed by atoms with E-state index in [-0.39, 0.29) is 4.91 Å². The van der Waals surface area contributed by atoms with Crippen molar-refractivity contribution in [1.82, 2.24) is 9.47 Å². The van der Waals surface area contributed by atoms with Crippen molar-refractivity contribution >= 4 is 46.5 Å². The molecule has 3 amide bonds. The van der Waals surface area contributed by atoms with E-state index in [0.717, 1.165) is 44.9 Å². The van der Waals surface area contributed by atoms with Crippen LogP contribution in [-0.2, 0) is 14.3 Å². The minimum atomic E-state index is -0.520. The Kier molecular flexibility index (Phi) is 7.72. The molecule has 1 fully saturated rings. The number of methoxy groups -OCH3 is 2. The molecule has 2 aromatic carbocycles. The number of thioether (sulfide) groups is 1. The molecular weight excluding hydrogens is 506 g/mol. The number of hydrogen-bond donors (Lipinski definition) is 1. The highest BCUT2D eigenvalue weighted by molar-refractivity contribution is 8.18. The Hall–Kier alpha value is -4.31. The normalized spacial score (nSPS) is 14.2. The molecule has 2 heterocycles. The molecule has 0 spiro atoms. The van der Waals surface area contributed by atoms with Crippen LogP contribution < -0.4 is 10.1 Å². The van der Waals surface area contributed by atoms with E-state index in [1.165, 1.54) is 7.11 Å². The molecule has 1 aromatic heterocycles. The molecule has 38 heavy (non-hydrogen) atoms. The number of carbonyl (C=O) groups is 4. The van der Waals surface area contributed by atoms with Crippen molar-refractivity contribution in [1.29, 1.82) is 0 Å². The smallest absolute Gasteiger partial charge is 0.337 e. The molecule has 0 atom stereocenters. The predicted octanol–water partition coefficient (Wildman–Crippen LogP) is 4.87. The van der Waals surface area contributed by atoms with Gasteiger partial charge < -0.3 is 19.4 Å². The van der Waals surface area contributed by atoms with Crippen molar-refractivity contribution in [3.63, 3.8) is 0 Å². The predicted molar refractivity (Wildman–Crippen MR) is 146 cm³/mol. The van der Waals surface area contributed by atoms with Crippen molar-refractivity contribution < 1.29 is 28.7 Å². The number of amides is 3. The van der Waals surface area contributed by atoms with Gasteiger partial charge in [0.15, 0.2) is 0 Å². The van der Waals surface area contributed by atoms with E-state index >= 15 is 0 Å². The van der Waals surface area contributed by atoms with Crippen molar-refractivity contribution in [3.05, 3.63) is 81.5 Å². The first-order chi connectivity index (χ1) is 18.1. The summed E-state index contributed by atoms with van der Waals surface area (Å²) in [4.78, 5) is 51.2. The zero-order valence-electron chi connectivity index (χ0n) is 21.7. The lowest BCUT2D eigenvalue weighted by molar-refractivity contribution is -0.127. The number of nitrogens with one attached hydrogen (secondary N) is 1. The number of aryl methyl sites for hydroxylation is 2. The number of carbonyl (C=O) groups excluding carboxylic acids is 4. The zero-order chi connectivity index (χ0) is 27.6. The Bertz CT molecular complexity index is 1470. The van der Waals surface area contributed by atoms with Crippen LogP contribution in [0.5, 0.6) is 5.75 Å². The molecule has 0 unspecified atom stereocenters. The Morgan fingerprint density at radius 3 is 2.34 bits per heavy atom. The second kappa shape index (κ2) is 11.0. The third-order valence-electron chi connectivity index (χ3n) is 6.16. The minimum absolute atomic E-state index is 0.241. The van der Waals surface area contributed by atoms with Crippen LogP contribution in [0.4, 0.5) is 10.5 Å². The number of aromatic nitrogens is 1. The van der Waals surface area contributed by atoms with Gasteiger partial charge >= 0.3 is 5.97 Å². The highest BCUT2D eigenvalue weighted by Gasteiger charge is 2.36. The fourth-order valence-corrected chi connectivity index (χ4v) is 5.08. The summed E-state index contributed by atoms with van der Waals surface area (Å²) in [6.07, 6.45) is 1.67. The van der Waals surface area contributed by atoms with E-state index in [0.29, 0.717) is 17.0 Å². The summed E-state index contributed by atoms with van der Waals surface area (Å²) in [6.45, 7) is 5.37. The number of benzene rings is 2. The molecule has 3 aromatic rings. The van der Waals surface area contributed by atoms with Crippen LogP contribution in [-0.4, -0.2) is 53.3 Å². The van der Waals surface area contributed by atoms with Crippen LogP contribution in [0.2, 0.25) is 0 Å². The second-order valence-corrected chi connectivity index (χ2v) is 9.69. The fraction of sp³-hybridized carbons (Fsp3) is 0.214. The summed E-state index contributed by atoms with van der Waals surface area (Å²) in [5.74, 6) is -0.766. The van der Waals surface area contributed by atoms with Crippen molar-refractivity contribution in [2.24, 2.45) is 0 Å². The largest absolute Gasteiger partial charge is 0.497 e. The average molecular weight is 534 g/mol. The van der Waals surface area contributed by atoms with Gasteiger partial charge in [-0.3, -0.25) is 19.3 Å². The van der Waals surface area contributed by atoms with E-state index in [1.807, 2.05) is 37.5 Å². The number of anilines is 1. The van der Waals surface area contributed by atoms with Gasteiger partial charge in [0.05, 0.1) is 24.7 Å². The fourth-order valence-electron chi connectivity index (χ4n) is 4.25. The molecule has 1 aliphatic rings. The lowest BCUT2D eigenvalue weighted by atomic mass is 10.1. The van der Waals surface area contributed by atoms with Gasteiger partial charge in [-0.1, -0.05) is 0 Å². The van der Waals surface area contributed by atoms with Crippen molar-refractivity contribution in [2.75, 3.05) is 26.1 Å². The van der Waals surface area contributed by atoms with Crippen LogP contribution in [0, 0.1) is 20.8 Å². The third-order valence-corrected chi connectivity index (χ3v) is 7.07. The number of ether oxygens (including phenoxy) is 2. The van der Waals surface area contributed by atoms with Gasteiger partial charge in [-0.05, 0) is 98.3 Å². The molecule has 0 radical (unpaired) electrons. The molecule has 1 saturated heterocycles. The summed E-state index contributed by atoms with van der Waals surface area (Å²) >= 11 is 0.802. The van der Waals surface area contributed by atoms with E-state index in [2.05, 4.69) is 5.32 Å². The maximum Gasteiger partial charge on any atom is 0.337 e. The first kappa shape index (κ1) is 26.7. The molecule has 1 aliphatic heterocycles. The first-order valence-corrected chi connectivity index (χ1v) is 12.5. The zero-order valence-corrected chi connectivity index (χ0v) is 22.5. The van der Waals surface area contributed by atoms with Crippen LogP contribution >= 0.6 is 11.8 Å². The average Bonchev–Trinajstić information content (AvgIpc) is 3.32. The maximum absolute atomic E-state index is 13.0. The summed E-state index contributed by atoms with van der Waals surface area (Å²) in [5, 5.41) is 2.18. The molecule has 0 bridgehead atoms. The number of imide groups is 1. The van der Waals surface area contributed by atoms with Gasteiger partial charge in [0.25, 0.3) is 11.1 Å². The molecular formula is C28H27N3O6S. The minimum Gasteiger partial charge on any atom is -0.497 e. The Balaban J connectivity index is 1.53. The molecule has 1 N–H and O–H groups in total. The quantitative estimate of drug-likeness (QED) is 0.341. The second-order valence-electron chi connectivity index (χ2n) is 8.70. The standard InChI is InChI=1S/C28H27N3O6S/c1-16-12-19(27(34)37-5)6-11-23(16)31-17(2)13-20(18(31)3)14-24-26(33)30(28(35)38-24)15-25(32)29-21-7-9-22(36-4)10-8-21/h6-14H,15H2,1-5H3,(H,29,32)/b24-14+. The molecule has 4 rings (SSSR count). The van der Waals surface area contributed by atoms with Crippen LogP contribution in [0.25, 0.3) is 11.8 Å². The number of nitrogens with zero attached hydrogens (tertiary/aromatic N) is 2. The number of hydrogen-bond acceptors (Lipinski definition) is 7. The van der Waals surface area contributed by atoms with Crippen molar-refractivity contribution in [2.45, 2.75) is 20.8 Å². The SMILES string of the molecule is COC(=O)c1ccc(-n2c(C)cc(/C=C3/SC(=O)N(CC(=O)Nc4ccc(OC)cc4)C3=O)c2C)c(C)c1. The number of rotatable bonds is 7. The Morgan fingerprint density at radius 2 is 1.71 bits per heavy atom. The lowest BCUT2D eigenvalue weighted by Gasteiger charge is -2.14. The van der Waals surface area contributed by atoms with E-state index < -0.39 is 29.6 Å². The lowest BCUT2D eigenvalue weighted by Crippen LogP contribution is -2.36. The summed E-state index contributed by atoms with van der Waals surface area (Å²) < 4.78 is 11.9. The van der Waals surface area contributed by atoms with Crippen LogP contribution in [0.1, 0.15) is 32.9 Å². The molecule has 9 nitrogen and oxygen atoms in total. The van der Waals surface area contributed by atoms with Gasteiger partial charge in [0.2, 0.25) is 5.91 Å². The van der Waals surface area contributed by atoms with Crippen LogP contribution in [0.3, 0.4) is 0 Å². The number of esters is 1. The van der Waals surface area contributed by atoms with Gasteiger partial charge in [-0.25, -0.2) is 4.79 Å². The van der Waals surface area contributed by atoms with Crippen LogP contribution in [0.15, 0.2) is 53.4 Å². The van der Waals surface area contributed by atoms with E-state index in [4.69, 9.17) is 9.47 Å². The maximum atomic E-state index is 13.0. The topological polar surface area (TPSA) is 107 Å². The summed E-state index contributed by atoms with van der Waals surface area (Å²) in [5.41, 5.74) is 5.30. The van der Waals surface area contributed by atoms with E-state index in [9.17, 15) is 19.2 Å². The van der Waals surface area contributed by atoms with Gasteiger partial charge in [-0.15, -0.1) is 0 Å². The molecule has 10 heteroatoms. The monoisotopic (exact) mass is 533 g/mol. The molecule has 196 valence electrons. The van der Waals surface area contributed by atoms with Crippen molar-refractivity contribution in [3.8, 4) is 11.4 Å². The Labute approximate surface area is 224 Å². The summed E-state index contributed by atoms with van der Waals surface area (Å²) in [6, 6.07) is 14.0. The highest BCUT2D eigenvalue weighted by atomic mass is 32.2. The molecule has 0 saturated carbocycles. The van der Waals surface area contributed by atoms with Gasteiger partial charge in [0, 0.05) is 22.8 Å². The third kappa shape index (κ3) is 5.35. The van der Waals surface area contributed by atoms with E-state index in [1.54, 1.807) is 49.6 Å². The Morgan fingerprint density at radius 1 is 1.00 bits per heavy atom. The summed E-state index contributed by atoms with van der Waals surface area (Å²) in [7, 11) is 2.89. The van der Waals surface area contributed by atoms with Gasteiger partial charge in [0.1, 0.15) is 12.3 Å². The first-order valence-electron chi connectivity index (χ1n) is 11.7. The van der Waals surface area contributed by atoms with Gasteiger partial charge in [-0.2, -0.15) is 0 Å².